The standard InChI is InChI=1S/C17H16N2O4/c20-17(16-2-1-11-23-16)18-14-7-3-12(4-8-14)13-5-9-15(10-6-13)19(21)22/h3-10,16H,1-2,11H2,(H,18,20). The van der Waals surface area contributed by atoms with Crippen LogP contribution in [0.25, 0.3) is 11.1 Å². The van der Waals surface area contributed by atoms with Gasteiger partial charge in [-0.25, -0.2) is 0 Å². The average molecular weight is 312 g/mol. The van der Waals surface area contributed by atoms with Crippen LogP contribution in [-0.4, -0.2) is 23.5 Å². The molecule has 0 aliphatic carbocycles. The van der Waals surface area contributed by atoms with Crippen molar-refractivity contribution < 1.29 is 14.5 Å². The van der Waals surface area contributed by atoms with Crippen LogP contribution >= 0.6 is 0 Å². The van der Waals surface area contributed by atoms with Crippen LogP contribution in [-0.2, 0) is 9.53 Å². The molecule has 3 rings (SSSR count). The van der Waals surface area contributed by atoms with Gasteiger partial charge in [-0.2, -0.15) is 0 Å². The molecule has 2 aromatic rings. The maximum atomic E-state index is 12.0. The quantitative estimate of drug-likeness (QED) is 0.693. The van der Waals surface area contributed by atoms with E-state index in [2.05, 4.69) is 5.32 Å². The Balaban J connectivity index is 1.68. The molecule has 6 heteroatoms. The molecule has 1 atom stereocenters. The lowest BCUT2D eigenvalue weighted by atomic mass is 10.0. The molecule has 1 amide bonds. The molecule has 0 saturated carbocycles. The highest BCUT2D eigenvalue weighted by Gasteiger charge is 2.23. The number of nitrogens with one attached hydrogen (secondary N) is 1. The van der Waals surface area contributed by atoms with Gasteiger partial charge in [-0.3, -0.25) is 14.9 Å². The molecule has 23 heavy (non-hydrogen) atoms. The van der Waals surface area contributed by atoms with Crippen molar-refractivity contribution in [1.82, 2.24) is 0 Å². The summed E-state index contributed by atoms with van der Waals surface area (Å²) in [5.74, 6) is -0.120. The van der Waals surface area contributed by atoms with E-state index in [-0.39, 0.29) is 17.7 Å². The molecule has 0 spiro atoms. The zero-order valence-corrected chi connectivity index (χ0v) is 12.4. The van der Waals surface area contributed by atoms with Gasteiger partial charge < -0.3 is 10.1 Å². The second-order valence-electron chi connectivity index (χ2n) is 5.37. The van der Waals surface area contributed by atoms with E-state index < -0.39 is 4.92 Å². The number of non-ortho nitro benzene ring substituents is 1. The number of hydrogen-bond donors (Lipinski definition) is 1. The number of anilines is 1. The maximum Gasteiger partial charge on any atom is 0.269 e. The molecule has 1 saturated heterocycles. The summed E-state index contributed by atoms with van der Waals surface area (Å²) in [5, 5.41) is 13.5. The van der Waals surface area contributed by atoms with Gasteiger partial charge in [-0.1, -0.05) is 12.1 Å². The van der Waals surface area contributed by atoms with E-state index in [0.29, 0.717) is 12.3 Å². The fourth-order valence-electron chi connectivity index (χ4n) is 2.53. The molecule has 1 aliphatic heterocycles. The fraction of sp³-hybridized carbons (Fsp3) is 0.235. The highest BCUT2D eigenvalue weighted by molar-refractivity contribution is 5.94. The van der Waals surface area contributed by atoms with Crippen LogP contribution in [0, 0.1) is 10.1 Å². The fourth-order valence-corrected chi connectivity index (χ4v) is 2.53. The number of carbonyl (C=O) groups is 1. The topological polar surface area (TPSA) is 81.5 Å². The Morgan fingerprint density at radius 1 is 1.09 bits per heavy atom. The molecule has 0 bridgehead atoms. The molecule has 6 nitrogen and oxygen atoms in total. The highest BCUT2D eigenvalue weighted by Crippen LogP contribution is 2.24. The predicted molar refractivity (Wildman–Crippen MR) is 86.1 cm³/mol. The minimum absolute atomic E-state index is 0.0641. The Kier molecular flexibility index (Phi) is 4.34. The molecular formula is C17H16N2O4. The third-order valence-electron chi connectivity index (χ3n) is 3.79. The maximum absolute atomic E-state index is 12.0. The van der Waals surface area contributed by atoms with Crippen LogP contribution in [0.2, 0.25) is 0 Å². The number of hydrogen-bond acceptors (Lipinski definition) is 4. The summed E-state index contributed by atoms with van der Waals surface area (Å²) >= 11 is 0. The Morgan fingerprint density at radius 2 is 1.70 bits per heavy atom. The summed E-state index contributed by atoms with van der Waals surface area (Å²) in [7, 11) is 0. The highest BCUT2D eigenvalue weighted by atomic mass is 16.6. The molecular weight excluding hydrogens is 296 g/mol. The molecule has 118 valence electrons. The number of rotatable bonds is 4. The van der Waals surface area contributed by atoms with E-state index in [1.165, 1.54) is 12.1 Å². The summed E-state index contributed by atoms with van der Waals surface area (Å²) in [6.45, 7) is 0.636. The Labute approximate surface area is 133 Å². The normalized spacial score (nSPS) is 17.0. The number of benzene rings is 2. The van der Waals surface area contributed by atoms with Crippen molar-refractivity contribution in [1.29, 1.82) is 0 Å². The number of carbonyl (C=O) groups excluding carboxylic acids is 1. The largest absolute Gasteiger partial charge is 0.368 e. The minimum Gasteiger partial charge on any atom is -0.368 e. The van der Waals surface area contributed by atoms with Crippen molar-refractivity contribution in [2.75, 3.05) is 11.9 Å². The van der Waals surface area contributed by atoms with Crippen molar-refractivity contribution in [3.05, 3.63) is 58.6 Å². The summed E-state index contributed by atoms with van der Waals surface area (Å²) in [6.07, 6.45) is 1.31. The van der Waals surface area contributed by atoms with Crippen molar-refractivity contribution in [2.45, 2.75) is 18.9 Å². The first-order valence-electron chi connectivity index (χ1n) is 7.41. The van der Waals surface area contributed by atoms with E-state index in [9.17, 15) is 14.9 Å². The van der Waals surface area contributed by atoms with Crippen LogP contribution < -0.4 is 5.32 Å². The van der Waals surface area contributed by atoms with Gasteiger partial charge in [0.15, 0.2) is 0 Å². The molecule has 1 unspecified atom stereocenters. The average Bonchev–Trinajstić information content (AvgIpc) is 3.10. The van der Waals surface area contributed by atoms with Gasteiger partial charge in [0.1, 0.15) is 6.10 Å². The van der Waals surface area contributed by atoms with E-state index in [1.54, 1.807) is 12.1 Å². The van der Waals surface area contributed by atoms with Crippen LogP contribution in [0.3, 0.4) is 0 Å². The first-order valence-corrected chi connectivity index (χ1v) is 7.41. The lowest BCUT2D eigenvalue weighted by molar-refractivity contribution is -0.384. The number of nitrogens with zero attached hydrogens (tertiary/aromatic N) is 1. The summed E-state index contributed by atoms with van der Waals surface area (Å²) in [5.41, 5.74) is 2.58. The van der Waals surface area contributed by atoms with Crippen LogP contribution in [0.5, 0.6) is 0 Å². The zero-order valence-electron chi connectivity index (χ0n) is 12.4. The SMILES string of the molecule is O=C(Nc1ccc(-c2ccc([N+](=O)[O-])cc2)cc1)C1CCCO1. The molecule has 0 aromatic heterocycles. The van der Waals surface area contributed by atoms with Crippen molar-refractivity contribution >= 4 is 17.3 Å². The summed E-state index contributed by atoms with van der Waals surface area (Å²) < 4.78 is 5.34. The third kappa shape index (κ3) is 3.54. The zero-order chi connectivity index (χ0) is 16.2. The van der Waals surface area contributed by atoms with Gasteiger partial charge in [0.05, 0.1) is 4.92 Å². The van der Waals surface area contributed by atoms with Gasteiger partial charge in [0, 0.05) is 24.4 Å². The predicted octanol–water partition coefficient (Wildman–Crippen LogP) is 3.38. The van der Waals surface area contributed by atoms with Crippen LogP contribution in [0.1, 0.15) is 12.8 Å². The van der Waals surface area contributed by atoms with Gasteiger partial charge >= 0.3 is 0 Å². The number of nitro benzene ring substituents is 1. The van der Waals surface area contributed by atoms with E-state index in [4.69, 9.17) is 4.74 Å². The minimum atomic E-state index is -0.423. The second-order valence-corrected chi connectivity index (χ2v) is 5.37. The molecule has 1 heterocycles. The molecule has 0 radical (unpaired) electrons. The van der Waals surface area contributed by atoms with Crippen LogP contribution in [0.15, 0.2) is 48.5 Å². The van der Waals surface area contributed by atoms with Gasteiger partial charge in [0.2, 0.25) is 0 Å². The number of ether oxygens (including phenoxy) is 1. The van der Waals surface area contributed by atoms with Crippen molar-refractivity contribution in [2.24, 2.45) is 0 Å². The first-order chi connectivity index (χ1) is 11.1. The number of amides is 1. The molecule has 1 fully saturated rings. The summed E-state index contributed by atoms with van der Waals surface area (Å²) in [6, 6.07) is 13.7. The van der Waals surface area contributed by atoms with Crippen molar-refractivity contribution in [3.8, 4) is 11.1 Å². The summed E-state index contributed by atoms with van der Waals surface area (Å²) in [4.78, 5) is 22.2. The monoisotopic (exact) mass is 312 g/mol. The lowest BCUT2D eigenvalue weighted by Crippen LogP contribution is -2.26. The third-order valence-corrected chi connectivity index (χ3v) is 3.79. The van der Waals surface area contributed by atoms with Gasteiger partial charge in [0.25, 0.3) is 11.6 Å². The lowest BCUT2D eigenvalue weighted by Gasteiger charge is -2.11. The Morgan fingerprint density at radius 3 is 2.22 bits per heavy atom. The number of nitro groups is 1. The molecule has 1 aliphatic rings. The van der Waals surface area contributed by atoms with E-state index >= 15 is 0 Å². The Hall–Kier alpha value is -2.73. The van der Waals surface area contributed by atoms with Gasteiger partial charge in [-0.15, -0.1) is 0 Å². The first kappa shape index (κ1) is 15.2. The van der Waals surface area contributed by atoms with Crippen molar-refractivity contribution in [3.63, 3.8) is 0 Å². The molecule has 2 aromatic carbocycles. The van der Waals surface area contributed by atoms with Crippen LogP contribution in [0.4, 0.5) is 11.4 Å². The smallest absolute Gasteiger partial charge is 0.269 e. The molecule has 1 N–H and O–H groups in total. The second kappa shape index (κ2) is 6.58. The van der Waals surface area contributed by atoms with E-state index in [1.807, 2.05) is 24.3 Å². The van der Waals surface area contributed by atoms with E-state index in [0.717, 1.165) is 24.0 Å². The van der Waals surface area contributed by atoms with Gasteiger partial charge in [-0.05, 0) is 48.2 Å². The Bertz CT molecular complexity index is 704.